The maximum atomic E-state index is 12.6. The molecule has 0 aromatic rings. The smallest absolute Gasteiger partial charge is 0.335 e. The van der Waals surface area contributed by atoms with Gasteiger partial charge in [0.2, 0.25) is 0 Å². The highest BCUT2D eigenvalue weighted by Crippen LogP contribution is 2.74. The van der Waals surface area contributed by atoms with Gasteiger partial charge >= 0.3 is 11.9 Å². The van der Waals surface area contributed by atoms with Crippen molar-refractivity contribution in [3.63, 3.8) is 0 Å². The van der Waals surface area contributed by atoms with Crippen LogP contribution in [-0.2, 0) is 14.3 Å². The molecule has 0 unspecified atom stereocenters. The number of esters is 1. The lowest BCUT2D eigenvalue weighted by Crippen LogP contribution is -2.68. The Kier molecular flexibility index (Phi) is 7.81. The van der Waals surface area contributed by atoms with Gasteiger partial charge in [-0.3, -0.25) is 4.79 Å². The number of aliphatic hydroxyl groups is 2. The maximum absolute atomic E-state index is 12.6. The Morgan fingerprint density at radius 3 is 2.37 bits per heavy atom. The Bertz CT molecular complexity index is 1060. The first-order valence-electron chi connectivity index (χ1n) is 14.3. The monoisotopic (exact) mass is 529 g/mol. The summed E-state index contributed by atoms with van der Waals surface area (Å²) in [4.78, 5) is 24.8. The molecule has 0 aromatic heterocycles. The van der Waals surface area contributed by atoms with Gasteiger partial charge in [-0.15, -0.1) is 0 Å². The van der Waals surface area contributed by atoms with Crippen LogP contribution in [0.15, 0.2) is 34.9 Å². The molecule has 0 aromatic carbocycles. The van der Waals surface area contributed by atoms with Crippen LogP contribution in [0.5, 0.6) is 0 Å². The van der Waals surface area contributed by atoms with Crippen LogP contribution in [0.25, 0.3) is 0 Å². The van der Waals surface area contributed by atoms with Crippen LogP contribution in [0.2, 0.25) is 0 Å². The fraction of sp³-hybridized carbons (Fsp3) is 0.742. The summed E-state index contributed by atoms with van der Waals surface area (Å²) >= 11 is 0. The Morgan fingerprint density at radius 2 is 1.79 bits per heavy atom. The standard InChI is InChI=1S/C31H47NO6/c1-17(2)8-7-9-20(28(36)37)26-22-14-24(35)27-29(5)12-11-23(34)18(3)21(29)10-13-31(27,16-32)30(22,6)15-25(26)38-19(4)33/h7-9,18,21-25,27,34-35H,10-16,32H2,1-6H3,(H,36,37)/b9-7-,26-20-/t18-,21-,22-,23+,24+,25-,27-,29-,30-,31+/m0/s1. The molecular formula is C31H47NO6. The molecule has 0 amide bonds. The first-order valence-corrected chi connectivity index (χ1v) is 14.3. The quantitative estimate of drug-likeness (QED) is 0.236. The van der Waals surface area contributed by atoms with E-state index < -0.39 is 35.0 Å². The minimum Gasteiger partial charge on any atom is -0.478 e. The highest BCUT2D eigenvalue weighted by atomic mass is 16.5. The first-order chi connectivity index (χ1) is 17.7. The number of ether oxygens (including phenoxy) is 1. The Balaban J connectivity index is 1.89. The van der Waals surface area contributed by atoms with Gasteiger partial charge in [0.15, 0.2) is 0 Å². The number of aliphatic carboxylic acids is 1. The molecule has 0 aliphatic heterocycles. The number of hydrogen-bond acceptors (Lipinski definition) is 6. The molecule has 4 aliphatic carbocycles. The third-order valence-electron chi connectivity index (χ3n) is 11.3. The molecule has 10 atom stereocenters. The number of carbonyl (C=O) groups is 2. The number of hydrogen-bond donors (Lipinski definition) is 4. The molecule has 4 saturated carbocycles. The van der Waals surface area contributed by atoms with Crippen molar-refractivity contribution in [1.29, 1.82) is 0 Å². The number of nitrogens with two attached hydrogens (primary N) is 1. The highest BCUT2D eigenvalue weighted by Gasteiger charge is 2.72. The van der Waals surface area contributed by atoms with Crippen molar-refractivity contribution >= 4 is 11.9 Å². The number of carbonyl (C=O) groups excluding carboxylic acids is 1. The third-order valence-corrected chi connectivity index (χ3v) is 11.3. The number of aliphatic hydroxyl groups excluding tert-OH is 2. The van der Waals surface area contributed by atoms with E-state index in [0.29, 0.717) is 31.4 Å². The molecule has 38 heavy (non-hydrogen) atoms. The third kappa shape index (κ3) is 4.29. The van der Waals surface area contributed by atoms with Crippen molar-refractivity contribution in [3.8, 4) is 0 Å². The molecule has 7 heteroatoms. The number of fused-ring (bicyclic) bond motifs is 5. The van der Waals surface area contributed by atoms with Crippen molar-refractivity contribution in [2.24, 2.45) is 45.7 Å². The van der Waals surface area contributed by atoms with E-state index in [0.717, 1.165) is 24.8 Å². The zero-order valence-corrected chi connectivity index (χ0v) is 23.9. The summed E-state index contributed by atoms with van der Waals surface area (Å²) < 4.78 is 5.84. The fourth-order valence-electron chi connectivity index (χ4n) is 9.68. The predicted molar refractivity (Wildman–Crippen MR) is 146 cm³/mol. The average Bonchev–Trinajstić information content (AvgIpc) is 3.09. The van der Waals surface area contributed by atoms with Crippen molar-refractivity contribution in [3.05, 3.63) is 34.9 Å². The van der Waals surface area contributed by atoms with Gasteiger partial charge in [0.25, 0.3) is 0 Å². The largest absolute Gasteiger partial charge is 0.478 e. The van der Waals surface area contributed by atoms with E-state index in [1.807, 2.05) is 19.9 Å². The zero-order chi connectivity index (χ0) is 28.2. The Labute approximate surface area is 227 Å². The topological polar surface area (TPSA) is 130 Å². The number of carboxylic acids is 1. The summed E-state index contributed by atoms with van der Waals surface area (Å²) in [6, 6.07) is 0. The number of rotatable bonds is 5. The van der Waals surface area contributed by atoms with Gasteiger partial charge in [0.05, 0.1) is 17.8 Å². The normalized spacial score (nSPS) is 45.6. The van der Waals surface area contributed by atoms with E-state index in [1.165, 1.54) is 6.92 Å². The van der Waals surface area contributed by atoms with Gasteiger partial charge in [0, 0.05) is 6.92 Å². The van der Waals surface area contributed by atoms with Gasteiger partial charge in [0.1, 0.15) is 6.10 Å². The van der Waals surface area contributed by atoms with Gasteiger partial charge in [-0.05, 0) is 110 Å². The van der Waals surface area contributed by atoms with Crippen LogP contribution < -0.4 is 5.73 Å². The van der Waals surface area contributed by atoms with E-state index >= 15 is 0 Å². The first kappa shape index (κ1) is 29.0. The second-order valence-electron chi connectivity index (χ2n) is 13.3. The van der Waals surface area contributed by atoms with Gasteiger partial charge in [-0.2, -0.15) is 0 Å². The average molecular weight is 530 g/mol. The molecule has 4 rings (SSSR count). The van der Waals surface area contributed by atoms with Crippen molar-refractivity contribution in [1.82, 2.24) is 0 Å². The maximum Gasteiger partial charge on any atom is 0.335 e. The van der Waals surface area contributed by atoms with Crippen molar-refractivity contribution in [2.75, 3.05) is 6.54 Å². The Morgan fingerprint density at radius 1 is 1.11 bits per heavy atom. The second kappa shape index (κ2) is 10.2. The van der Waals surface area contributed by atoms with Crippen LogP contribution in [0.4, 0.5) is 0 Å². The molecule has 4 aliphatic rings. The summed E-state index contributed by atoms with van der Waals surface area (Å²) in [5.41, 5.74) is 7.39. The van der Waals surface area contributed by atoms with Crippen LogP contribution in [-0.4, -0.2) is 52.1 Å². The van der Waals surface area contributed by atoms with E-state index in [2.05, 4.69) is 20.8 Å². The van der Waals surface area contributed by atoms with E-state index in [9.17, 15) is 24.9 Å². The number of allylic oxidation sites excluding steroid dienone is 3. The Hall–Kier alpha value is -1.96. The summed E-state index contributed by atoms with van der Waals surface area (Å²) in [5, 5.41) is 32.9. The van der Waals surface area contributed by atoms with E-state index in [4.69, 9.17) is 10.5 Å². The van der Waals surface area contributed by atoms with Crippen LogP contribution in [0.3, 0.4) is 0 Å². The number of carboxylic acid groups (broad SMARTS) is 1. The molecule has 0 saturated heterocycles. The lowest BCUT2D eigenvalue weighted by molar-refractivity contribution is -0.237. The highest BCUT2D eigenvalue weighted by molar-refractivity contribution is 5.91. The lowest BCUT2D eigenvalue weighted by atomic mass is 9.36. The molecular weight excluding hydrogens is 482 g/mol. The molecule has 5 N–H and O–H groups in total. The van der Waals surface area contributed by atoms with Crippen LogP contribution in [0.1, 0.15) is 80.1 Å². The van der Waals surface area contributed by atoms with E-state index in [1.54, 1.807) is 12.2 Å². The minimum absolute atomic E-state index is 0.0817. The van der Waals surface area contributed by atoms with Crippen LogP contribution >= 0.6 is 0 Å². The molecule has 0 spiro atoms. The SMILES string of the molecule is CC(=O)O[C@H]1C[C@@]2(C)[C@@H](C[C@@H](O)[C@H]3[C@@]4(C)CC[C@@H](O)[C@@H](C)[C@@H]4CC[C@@]32CN)/C1=C(\C=C/C=C(C)C)C(=O)O. The zero-order valence-electron chi connectivity index (χ0n) is 23.9. The summed E-state index contributed by atoms with van der Waals surface area (Å²) in [6.07, 6.45) is 7.62. The van der Waals surface area contributed by atoms with Crippen molar-refractivity contribution < 1.29 is 29.6 Å². The van der Waals surface area contributed by atoms with Gasteiger partial charge < -0.3 is 25.8 Å². The van der Waals surface area contributed by atoms with Crippen LogP contribution in [0, 0.1) is 39.9 Å². The fourth-order valence-corrected chi connectivity index (χ4v) is 9.68. The molecule has 0 radical (unpaired) electrons. The second-order valence-corrected chi connectivity index (χ2v) is 13.3. The van der Waals surface area contributed by atoms with Crippen molar-refractivity contribution in [2.45, 2.75) is 98.4 Å². The lowest BCUT2D eigenvalue weighted by Gasteiger charge is -2.69. The molecule has 0 heterocycles. The molecule has 0 bridgehead atoms. The van der Waals surface area contributed by atoms with E-state index in [-0.39, 0.29) is 40.8 Å². The summed E-state index contributed by atoms with van der Waals surface area (Å²) in [5.74, 6) is -1.44. The summed E-state index contributed by atoms with van der Waals surface area (Å²) in [7, 11) is 0. The molecule has 4 fully saturated rings. The van der Waals surface area contributed by atoms with Gasteiger partial charge in [-0.25, -0.2) is 4.79 Å². The molecule has 212 valence electrons. The summed E-state index contributed by atoms with van der Waals surface area (Å²) in [6.45, 7) is 12.2. The predicted octanol–water partition coefficient (Wildman–Crippen LogP) is 4.38. The minimum atomic E-state index is -1.07. The molecule has 7 nitrogen and oxygen atoms in total. The van der Waals surface area contributed by atoms with Gasteiger partial charge in [-0.1, -0.05) is 38.5 Å².